The summed E-state index contributed by atoms with van der Waals surface area (Å²) in [7, 11) is 1.57. The number of rotatable bonds is 6. The highest BCUT2D eigenvalue weighted by atomic mass is 16.5. The molecule has 1 saturated heterocycles. The highest BCUT2D eigenvalue weighted by Gasteiger charge is 2.30. The van der Waals surface area contributed by atoms with Crippen molar-refractivity contribution in [2.45, 2.75) is 32.7 Å². The van der Waals surface area contributed by atoms with E-state index in [2.05, 4.69) is 39.2 Å². The molecule has 2 N–H and O–H groups in total. The Morgan fingerprint density at radius 3 is 2.77 bits per heavy atom. The van der Waals surface area contributed by atoms with E-state index in [1.807, 2.05) is 30.3 Å². The van der Waals surface area contributed by atoms with Crippen LogP contribution in [0.3, 0.4) is 0 Å². The topological polar surface area (TPSA) is 96.0 Å². The number of H-pyrrole nitrogens is 1. The van der Waals surface area contributed by atoms with E-state index < -0.39 is 0 Å². The van der Waals surface area contributed by atoms with Crippen molar-refractivity contribution in [3.8, 4) is 5.88 Å². The monoisotopic (exact) mass is 408 g/mol. The van der Waals surface area contributed by atoms with Crippen LogP contribution in [0.1, 0.15) is 38.6 Å². The van der Waals surface area contributed by atoms with Gasteiger partial charge in [0.05, 0.1) is 30.1 Å². The Morgan fingerprint density at radius 2 is 2.07 bits per heavy atom. The second kappa shape index (κ2) is 8.69. The minimum Gasteiger partial charge on any atom is -0.480 e. The van der Waals surface area contributed by atoms with Gasteiger partial charge in [0, 0.05) is 19.2 Å². The van der Waals surface area contributed by atoms with Gasteiger partial charge in [-0.05, 0) is 37.0 Å². The Bertz CT molecular complexity index is 967. The van der Waals surface area contributed by atoms with Crippen LogP contribution in [-0.2, 0) is 4.79 Å². The summed E-state index contributed by atoms with van der Waals surface area (Å²) in [6.07, 6.45) is 1.79. The van der Waals surface area contributed by atoms with Crippen molar-refractivity contribution < 1.29 is 9.53 Å². The number of methoxy groups -OCH3 is 1. The fourth-order valence-corrected chi connectivity index (χ4v) is 3.93. The zero-order chi connectivity index (χ0) is 21.1. The standard InChI is InChI=1S/C22H28N6O2/c1-14(2)20(21-23-16-8-4-5-9-17(16)24-21)25-22(29)15-7-6-12-28(13-15)18-10-11-19(30-3)27-26-18/h4-5,8-11,14-15,20H,6-7,12-13H2,1-3H3,(H,23,24)(H,25,29)/t15-,20-/m0/s1. The van der Waals surface area contributed by atoms with Gasteiger partial charge in [0.25, 0.3) is 0 Å². The molecule has 0 aliphatic carbocycles. The highest BCUT2D eigenvalue weighted by Crippen LogP contribution is 2.26. The number of anilines is 1. The summed E-state index contributed by atoms with van der Waals surface area (Å²) in [4.78, 5) is 23.3. The van der Waals surface area contributed by atoms with Crippen molar-refractivity contribution in [3.05, 3.63) is 42.2 Å². The van der Waals surface area contributed by atoms with Crippen molar-refractivity contribution >= 4 is 22.8 Å². The second-order valence-corrected chi connectivity index (χ2v) is 8.09. The van der Waals surface area contributed by atoms with Crippen molar-refractivity contribution in [1.29, 1.82) is 0 Å². The molecule has 3 aromatic rings. The van der Waals surface area contributed by atoms with Crippen LogP contribution >= 0.6 is 0 Å². The maximum atomic E-state index is 13.1. The average molecular weight is 409 g/mol. The molecule has 8 nitrogen and oxygen atoms in total. The van der Waals surface area contributed by atoms with Crippen molar-refractivity contribution in [3.63, 3.8) is 0 Å². The minimum atomic E-state index is -0.166. The summed E-state index contributed by atoms with van der Waals surface area (Å²) in [5.74, 6) is 2.21. The number of amides is 1. The van der Waals surface area contributed by atoms with Crippen molar-refractivity contribution in [1.82, 2.24) is 25.5 Å². The zero-order valence-corrected chi connectivity index (χ0v) is 17.6. The third-order valence-electron chi connectivity index (χ3n) is 5.62. The van der Waals surface area contributed by atoms with Crippen molar-refractivity contribution in [2.24, 2.45) is 11.8 Å². The molecule has 3 heterocycles. The highest BCUT2D eigenvalue weighted by molar-refractivity contribution is 5.80. The molecule has 158 valence electrons. The molecule has 1 fully saturated rings. The van der Waals surface area contributed by atoms with Gasteiger partial charge in [-0.15, -0.1) is 10.2 Å². The fourth-order valence-electron chi connectivity index (χ4n) is 3.93. The normalized spacial score (nSPS) is 17.9. The van der Waals surface area contributed by atoms with Crippen LogP contribution in [0.5, 0.6) is 5.88 Å². The van der Waals surface area contributed by atoms with Crippen LogP contribution < -0.4 is 15.0 Å². The van der Waals surface area contributed by atoms with E-state index in [9.17, 15) is 4.79 Å². The van der Waals surface area contributed by atoms with Crippen LogP contribution in [0.25, 0.3) is 11.0 Å². The van der Waals surface area contributed by atoms with E-state index in [0.29, 0.717) is 12.4 Å². The first-order valence-electron chi connectivity index (χ1n) is 10.4. The molecule has 1 amide bonds. The number of hydrogen-bond donors (Lipinski definition) is 2. The summed E-state index contributed by atoms with van der Waals surface area (Å²) in [5.41, 5.74) is 1.89. The largest absolute Gasteiger partial charge is 0.480 e. The number of imidazole rings is 1. The fraction of sp³-hybridized carbons (Fsp3) is 0.455. The molecule has 0 spiro atoms. The first-order valence-corrected chi connectivity index (χ1v) is 10.4. The van der Waals surface area contributed by atoms with E-state index in [1.54, 1.807) is 13.2 Å². The van der Waals surface area contributed by atoms with E-state index in [4.69, 9.17) is 9.72 Å². The molecule has 0 saturated carbocycles. The first-order chi connectivity index (χ1) is 14.5. The van der Waals surface area contributed by atoms with Gasteiger partial charge >= 0.3 is 0 Å². The molecule has 2 atom stereocenters. The molecule has 8 heteroatoms. The Morgan fingerprint density at radius 1 is 1.23 bits per heavy atom. The minimum absolute atomic E-state index is 0.0559. The van der Waals surface area contributed by atoms with E-state index >= 15 is 0 Å². The van der Waals surface area contributed by atoms with Crippen LogP contribution in [0.4, 0.5) is 5.82 Å². The van der Waals surface area contributed by atoms with Gasteiger partial charge in [-0.2, -0.15) is 0 Å². The number of carbonyl (C=O) groups excluding carboxylic acids is 1. The summed E-state index contributed by atoms with van der Waals surface area (Å²) in [6, 6.07) is 11.4. The number of carbonyl (C=O) groups is 1. The van der Waals surface area contributed by atoms with Crippen LogP contribution in [-0.4, -0.2) is 46.3 Å². The molecular formula is C22H28N6O2. The Hall–Kier alpha value is -3.16. The lowest BCUT2D eigenvalue weighted by atomic mass is 9.95. The molecule has 1 aromatic carbocycles. The lowest BCUT2D eigenvalue weighted by Gasteiger charge is -2.33. The summed E-state index contributed by atoms with van der Waals surface area (Å²) in [6.45, 7) is 5.68. The number of ether oxygens (including phenoxy) is 1. The number of nitrogens with one attached hydrogen (secondary N) is 2. The number of para-hydroxylation sites is 2. The van der Waals surface area contributed by atoms with Gasteiger partial charge < -0.3 is 19.9 Å². The molecule has 0 bridgehead atoms. The number of aromatic amines is 1. The van der Waals surface area contributed by atoms with Crippen molar-refractivity contribution in [2.75, 3.05) is 25.1 Å². The maximum Gasteiger partial charge on any atom is 0.233 e. The van der Waals surface area contributed by atoms with Gasteiger partial charge in [-0.3, -0.25) is 4.79 Å². The number of fused-ring (bicyclic) bond motifs is 1. The number of piperidine rings is 1. The molecule has 2 aromatic heterocycles. The van der Waals surface area contributed by atoms with Gasteiger partial charge in [0.1, 0.15) is 5.82 Å². The number of benzene rings is 1. The number of nitrogens with zero attached hydrogens (tertiary/aromatic N) is 4. The molecule has 30 heavy (non-hydrogen) atoms. The lowest BCUT2D eigenvalue weighted by Crippen LogP contribution is -2.45. The predicted octanol–water partition coefficient (Wildman–Crippen LogP) is 3.09. The number of aromatic nitrogens is 4. The Balaban J connectivity index is 1.46. The van der Waals surface area contributed by atoms with Gasteiger partial charge in [0.2, 0.25) is 11.8 Å². The van der Waals surface area contributed by atoms with Gasteiger partial charge in [-0.1, -0.05) is 26.0 Å². The van der Waals surface area contributed by atoms with Crippen LogP contribution in [0.15, 0.2) is 36.4 Å². The molecular weight excluding hydrogens is 380 g/mol. The zero-order valence-electron chi connectivity index (χ0n) is 17.6. The summed E-state index contributed by atoms with van der Waals surface area (Å²) >= 11 is 0. The molecule has 1 aliphatic heterocycles. The lowest BCUT2D eigenvalue weighted by molar-refractivity contribution is -0.126. The predicted molar refractivity (Wildman–Crippen MR) is 115 cm³/mol. The van der Waals surface area contributed by atoms with E-state index in [1.165, 1.54) is 0 Å². The Kier molecular flexibility index (Phi) is 5.83. The average Bonchev–Trinajstić information content (AvgIpc) is 3.21. The first kappa shape index (κ1) is 20.1. The summed E-state index contributed by atoms with van der Waals surface area (Å²) < 4.78 is 5.08. The molecule has 1 aliphatic rings. The summed E-state index contributed by atoms with van der Waals surface area (Å²) in [5, 5.41) is 11.5. The third kappa shape index (κ3) is 4.22. The van der Waals surface area contributed by atoms with E-state index in [0.717, 1.165) is 42.1 Å². The van der Waals surface area contributed by atoms with Gasteiger partial charge in [-0.25, -0.2) is 4.98 Å². The number of hydrogen-bond acceptors (Lipinski definition) is 6. The third-order valence-corrected chi connectivity index (χ3v) is 5.62. The molecule has 0 radical (unpaired) electrons. The molecule has 0 unspecified atom stereocenters. The van der Waals surface area contributed by atoms with E-state index in [-0.39, 0.29) is 23.8 Å². The van der Waals surface area contributed by atoms with Gasteiger partial charge in [0.15, 0.2) is 5.82 Å². The second-order valence-electron chi connectivity index (χ2n) is 8.09. The molecule has 4 rings (SSSR count). The maximum absolute atomic E-state index is 13.1. The Labute approximate surface area is 176 Å². The quantitative estimate of drug-likeness (QED) is 0.651. The van der Waals surface area contributed by atoms with Crippen LogP contribution in [0.2, 0.25) is 0 Å². The van der Waals surface area contributed by atoms with Crippen LogP contribution in [0, 0.1) is 11.8 Å². The SMILES string of the molecule is COc1ccc(N2CCC[C@H](C(=O)N[C@H](c3nc4ccccc4[nH]3)C(C)C)C2)nn1. The smallest absolute Gasteiger partial charge is 0.233 e.